The topological polar surface area (TPSA) is 146 Å². The summed E-state index contributed by atoms with van der Waals surface area (Å²) >= 11 is 0. The lowest BCUT2D eigenvalue weighted by atomic mass is 9.92. The van der Waals surface area contributed by atoms with Gasteiger partial charge in [0.1, 0.15) is 0 Å². The van der Waals surface area contributed by atoms with Crippen molar-refractivity contribution in [2.75, 3.05) is 0 Å². The van der Waals surface area contributed by atoms with E-state index in [1.807, 2.05) is 80.8 Å². The van der Waals surface area contributed by atoms with Crippen LogP contribution < -0.4 is 0 Å². The first-order chi connectivity index (χ1) is 32.0. The molecular weight excluding hydrogens is 829 g/mol. The van der Waals surface area contributed by atoms with E-state index in [0.717, 1.165) is 40.6 Å². The molecule has 0 fully saturated rings. The predicted octanol–water partition coefficient (Wildman–Crippen LogP) is 13.5. The van der Waals surface area contributed by atoms with E-state index in [4.69, 9.17) is 0 Å². The summed E-state index contributed by atoms with van der Waals surface area (Å²) in [5.41, 5.74) is 7.80. The molecule has 11 heteroatoms. The van der Waals surface area contributed by atoms with Crippen LogP contribution in [0.4, 0.5) is 0 Å². The van der Waals surface area contributed by atoms with E-state index in [-0.39, 0.29) is 11.7 Å². The highest BCUT2D eigenvalue weighted by Gasteiger charge is 2.32. The highest BCUT2D eigenvalue weighted by molar-refractivity contribution is 6.01. The Bertz CT molecular complexity index is 1940. The maximum Gasteiger partial charge on any atom is 0.168 e. The van der Waals surface area contributed by atoms with Gasteiger partial charge in [-0.05, 0) is 89.1 Å². The van der Waals surface area contributed by atoms with Crippen LogP contribution in [0.1, 0.15) is 183 Å². The molecule has 1 atom stereocenters. The summed E-state index contributed by atoms with van der Waals surface area (Å²) in [5.74, 6) is 4.80. The summed E-state index contributed by atoms with van der Waals surface area (Å²) < 4.78 is 0. The first-order valence-corrected chi connectivity index (χ1v) is 23.5. The number of ketones is 1. The fourth-order valence-corrected chi connectivity index (χ4v) is 5.89. The van der Waals surface area contributed by atoms with E-state index >= 15 is 0 Å². The van der Waals surface area contributed by atoms with E-state index in [1.165, 1.54) is 11.1 Å². The van der Waals surface area contributed by atoms with E-state index in [0.29, 0.717) is 41.4 Å². The second kappa shape index (κ2) is 32.2. The number of carbonyl (C=O) groups excluding carboxylic acids is 1. The predicted molar refractivity (Wildman–Crippen MR) is 274 cm³/mol. The fourth-order valence-electron chi connectivity index (χ4n) is 5.89. The van der Waals surface area contributed by atoms with E-state index in [2.05, 4.69) is 164 Å². The van der Waals surface area contributed by atoms with Crippen LogP contribution in [0.25, 0.3) is 0 Å². The van der Waals surface area contributed by atoms with Crippen molar-refractivity contribution in [2.45, 2.75) is 139 Å². The number of hydrogen-bond donors (Lipinski definition) is 0. The van der Waals surface area contributed by atoms with Crippen LogP contribution in [0.2, 0.25) is 0 Å². The Kier molecular flexibility index (Phi) is 27.2. The zero-order valence-corrected chi connectivity index (χ0v) is 42.6. The Morgan fingerprint density at radius 2 is 0.970 bits per heavy atom. The van der Waals surface area contributed by atoms with Gasteiger partial charge in [0.15, 0.2) is 11.6 Å². The molecule has 1 aromatic carbocycles. The third-order valence-corrected chi connectivity index (χ3v) is 10.2. The summed E-state index contributed by atoms with van der Waals surface area (Å²) in [6.07, 6.45) is 18.2. The number of hydrogen-bond acceptors (Lipinski definition) is 11. The van der Waals surface area contributed by atoms with Gasteiger partial charge in [-0.15, -0.1) is 5.10 Å². The van der Waals surface area contributed by atoms with Crippen molar-refractivity contribution in [2.24, 2.45) is 11.8 Å². The summed E-state index contributed by atoms with van der Waals surface area (Å²) in [7, 11) is 0. The number of benzene rings is 1. The van der Waals surface area contributed by atoms with Gasteiger partial charge in [0.25, 0.3) is 0 Å². The van der Waals surface area contributed by atoms with Gasteiger partial charge in [-0.2, -0.15) is 15.3 Å². The number of carbonyl (C=O) groups is 1. The Morgan fingerprint density at radius 1 is 0.418 bits per heavy atom. The molecule has 0 aliphatic heterocycles. The van der Waals surface area contributed by atoms with Crippen molar-refractivity contribution < 1.29 is 4.79 Å². The maximum absolute atomic E-state index is 11.8. The first-order valence-electron chi connectivity index (χ1n) is 23.5. The Hall–Kier alpha value is -6.49. The van der Waals surface area contributed by atoms with Crippen molar-refractivity contribution in [3.05, 3.63) is 192 Å². The molecule has 0 radical (unpaired) electrons. The second-order valence-corrected chi connectivity index (χ2v) is 18.1. The molecule has 11 nitrogen and oxygen atoms in total. The lowest BCUT2D eigenvalue weighted by Gasteiger charge is -2.10. The van der Waals surface area contributed by atoms with E-state index < -0.39 is 0 Å². The molecule has 0 saturated heterocycles. The summed E-state index contributed by atoms with van der Waals surface area (Å²) in [4.78, 5) is 36.3. The van der Waals surface area contributed by atoms with Crippen LogP contribution in [0.5, 0.6) is 0 Å². The van der Waals surface area contributed by atoms with E-state index in [9.17, 15) is 4.79 Å². The highest BCUT2D eigenvalue weighted by Crippen LogP contribution is 2.29. The van der Waals surface area contributed by atoms with Gasteiger partial charge in [0.2, 0.25) is 0 Å². The van der Waals surface area contributed by atoms with Crippen molar-refractivity contribution in [3.8, 4) is 0 Å². The lowest BCUT2D eigenvalue weighted by Crippen LogP contribution is -2.15. The first kappa shape index (κ1) is 56.6. The minimum Gasteiger partial charge on any atom is -0.294 e. The van der Waals surface area contributed by atoms with Gasteiger partial charge in [-0.3, -0.25) is 29.7 Å². The van der Waals surface area contributed by atoms with Gasteiger partial charge < -0.3 is 0 Å². The van der Waals surface area contributed by atoms with Crippen molar-refractivity contribution in [3.63, 3.8) is 0 Å². The van der Waals surface area contributed by atoms with Crippen molar-refractivity contribution >= 4 is 5.78 Å². The number of nitrogens with zero attached hydrogens (tertiary/aromatic N) is 10. The molecule has 0 N–H and O–H groups in total. The number of rotatable bonds is 7. The molecule has 0 amide bonds. The minimum atomic E-state index is 0.157. The maximum atomic E-state index is 11.8. The molecule has 1 aliphatic rings. The van der Waals surface area contributed by atoms with Crippen LogP contribution >= 0.6 is 0 Å². The molecule has 0 saturated carbocycles. The third kappa shape index (κ3) is 23.0. The molecule has 0 spiro atoms. The minimum absolute atomic E-state index is 0.157. The molecule has 356 valence electrons. The van der Waals surface area contributed by atoms with Crippen LogP contribution in [0.3, 0.4) is 0 Å². The molecule has 1 unspecified atom stereocenters. The molecule has 8 rings (SSSR count). The van der Waals surface area contributed by atoms with Crippen molar-refractivity contribution in [1.82, 2.24) is 50.3 Å². The van der Waals surface area contributed by atoms with Crippen molar-refractivity contribution in [1.29, 1.82) is 0 Å². The highest BCUT2D eigenvalue weighted by atomic mass is 16.1. The zero-order chi connectivity index (χ0) is 49.6. The second-order valence-electron chi connectivity index (χ2n) is 18.1. The fraction of sp³-hybridized carbons (Fsp3) is 0.411. The average Bonchev–Trinajstić information content (AvgIpc) is 3.70. The van der Waals surface area contributed by atoms with Crippen LogP contribution in [-0.2, 0) is 6.42 Å². The summed E-state index contributed by atoms with van der Waals surface area (Å²) in [6, 6.07) is 28.2. The quantitative estimate of drug-likeness (QED) is 0.151. The Morgan fingerprint density at radius 3 is 1.36 bits per heavy atom. The summed E-state index contributed by atoms with van der Waals surface area (Å²) in [6.45, 7) is 29.7. The molecule has 1 aliphatic carbocycles. The Balaban J connectivity index is 0.000000270. The number of aromatic nitrogens is 10. The van der Waals surface area contributed by atoms with Crippen LogP contribution in [0.15, 0.2) is 147 Å². The third-order valence-electron chi connectivity index (χ3n) is 10.2. The monoisotopic (exact) mass is 905 g/mol. The molecule has 6 heterocycles. The van der Waals surface area contributed by atoms with E-state index in [1.54, 1.807) is 49.6 Å². The van der Waals surface area contributed by atoms with Crippen LogP contribution in [0, 0.1) is 11.8 Å². The van der Waals surface area contributed by atoms with Gasteiger partial charge in [-0.1, -0.05) is 139 Å². The standard InChI is InChI=1S/C11H13NO.C9H12.2C8H11N.2C7H10N2.C6H9N3/c1-7(2)9-6-10-8(11(9)13)4-3-5-12-10;1-8(2)9-6-4-3-5-7-9;1-7(2)8-4-3-5-9-6-8;1-7(2)8-5-3-4-6-9-8;1-6(2)7-5-8-3-4-9-7;1-6(2)7-4-3-5-8-9-7;1-5(2)6-7-3-4-8-9-6/h3-5,7,9H,6H2,1-2H3;3-8H,1-2H3;2*3-7H,1-2H3;2*3-6H,1-2H3;3-5H,1-2H3. The zero-order valence-electron chi connectivity index (χ0n) is 42.6. The molecular formula is C56H76N10O. The molecule has 0 bridgehead atoms. The molecule has 6 aromatic heterocycles. The largest absolute Gasteiger partial charge is 0.294 e. The average molecular weight is 905 g/mol. The van der Waals surface area contributed by atoms with Gasteiger partial charge in [0.05, 0.1) is 23.3 Å². The summed E-state index contributed by atoms with van der Waals surface area (Å²) in [5, 5.41) is 15.2. The van der Waals surface area contributed by atoms with Gasteiger partial charge >= 0.3 is 0 Å². The normalized spacial score (nSPS) is 12.2. The number of pyridine rings is 3. The van der Waals surface area contributed by atoms with Crippen LogP contribution in [-0.4, -0.2) is 56.1 Å². The number of fused-ring (bicyclic) bond motifs is 1. The molecule has 7 aromatic rings. The smallest absolute Gasteiger partial charge is 0.168 e. The SMILES string of the molecule is CC(C)C1Cc2ncccc2C1=O.CC(C)c1ccccc1.CC(C)c1ccccn1.CC(C)c1cccnc1.CC(C)c1cccnn1.CC(C)c1cnccn1.CC(C)c1nccnn1. The Labute approximate surface area is 402 Å². The molecule has 67 heavy (non-hydrogen) atoms. The van der Waals surface area contributed by atoms with Gasteiger partial charge in [0, 0.05) is 85.3 Å². The van der Waals surface area contributed by atoms with Gasteiger partial charge in [-0.25, -0.2) is 4.98 Å². The number of Topliss-reactive ketones (excluding diaryl/α,β-unsaturated/α-hetero) is 1. The lowest BCUT2D eigenvalue weighted by molar-refractivity contribution is 0.0906.